The monoisotopic (exact) mass is 356 g/mol. The van der Waals surface area contributed by atoms with Gasteiger partial charge < -0.3 is 14.8 Å². The normalized spacial score (nSPS) is 10.7. The first kappa shape index (κ1) is 19.8. The molecule has 0 bridgehead atoms. The number of hydrogen-bond acceptors (Lipinski definition) is 4. The van der Waals surface area contributed by atoms with Gasteiger partial charge in [0.1, 0.15) is 11.5 Å². The number of carbonyl (C=O) groups excluding carboxylic acids is 1. The molecule has 2 rings (SSSR count). The Morgan fingerprint density at radius 2 is 1.62 bits per heavy atom. The van der Waals surface area contributed by atoms with E-state index in [1.165, 1.54) is 5.56 Å². The Balaban J connectivity index is 1.99. The van der Waals surface area contributed by atoms with E-state index in [-0.39, 0.29) is 5.91 Å². The van der Waals surface area contributed by atoms with Crippen molar-refractivity contribution in [2.75, 3.05) is 27.3 Å². The van der Waals surface area contributed by atoms with E-state index in [4.69, 9.17) is 9.47 Å². The summed E-state index contributed by atoms with van der Waals surface area (Å²) in [7, 11) is 3.12. The summed E-state index contributed by atoms with van der Waals surface area (Å²) in [5, 5.41) is 2.94. The third-order valence-corrected chi connectivity index (χ3v) is 4.43. The number of ether oxygens (including phenoxy) is 2. The topological polar surface area (TPSA) is 50.8 Å². The average molecular weight is 356 g/mol. The molecule has 1 N–H and O–H groups in total. The van der Waals surface area contributed by atoms with E-state index in [1.807, 2.05) is 0 Å². The van der Waals surface area contributed by atoms with Gasteiger partial charge in [-0.3, -0.25) is 9.69 Å². The molecular weight excluding hydrogens is 328 g/mol. The molecule has 5 heteroatoms. The van der Waals surface area contributed by atoms with Crippen LogP contribution in [0.1, 0.15) is 35.3 Å². The maximum absolute atomic E-state index is 12.5. The van der Waals surface area contributed by atoms with Gasteiger partial charge in [-0.25, -0.2) is 0 Å². The number of methoxy groups -OCH3 is 2. The van der Waals surface area contributed by atoms with Crippen molar-refractivity contribution in [3.63, 3.8) is 0 Å². The fraction of sp³-hybridized carbons (Fsp3) is 0.381. The summed E-state index contributed by atoms with van der Waals surface area (Å²) in [5.41, 5.74) is 2.80. The number of carbonyl (C=O) groups is 1. The Bertz CT molecular complexity index is 710. The predicted octanol–water partition coefficient (Wildman–Crippen LogP) is 3.48. The van der Waals surface area contributed by atoms with Crippen LogP contribution in [0.5, 0.6) is 11.5 Å². The second-order valence-electron chi connectivity index (χ2n) is 6.03. The Morgan fingerprint density at radius 3 is 2.19 bits per heavy atom. The van der Waals surface area contributed by atoms with E-state index in [2.05, 4.69) is 48.3 Å². The Morgan fingerprint density at radius 1 is 0.962 bits per heavy atom. The van der Waals surface area contributed by atoms with Crippen LogP contribution in [-0.2, 0) is 13.1 Å². The zero-order valence-corrected chi connectivity index (χ0v) is 16.0. The SMILES string of the molecule is CCN(CC)Cc1ccc(CNC(=O)c2cc(OC)ccc2OC)cc1. The minimum Gasteiger partial charge on any atom is -0.497 e. The fourth-order valence-electron chi connectivity index (χ4n) is 2.74. The summed E-state index contributed by atoms with van der Waals surface area (Å²) >= 11 is 0. The highest BCUT2D eigenvalue weighted by Crippen LogP contribution is 2.23. The van der Waals surface area contributed by atoms with Crippen LogP contribution in [-0.4, -0.2) is 38.1 Å². The van der Waals surface area contributed by atoms with Crippen molar-refractivity contribution in [1.82, 2.24) is 10.2 Å². The molecule has 0 unspecified atom stereocenters. The molecule has 26 heavy (non-hydrogen) atoms. The lowest BCUT2D eigenvalue weighted by Crippen LogP contribution is -2.23. The van der Waals surface area contributed by atoms with Crippen LogP contribution in [0, 0.1) is 0 Å². The first-order valence-corrected chi connectivity index (χ1v) is 8.91. The minimum absolute atomic E-state index is 0.187. The molecule has 0 aromatic heterocycles. The lowest BCUT2D eigenvalue weighted by atomic mass is 10.1. The number of amides is 1. The third-order valence-electron chi connectivity index (χ3n) is 4.43. The van der Waals surface area contributed by atoms with E-state index in [0.29, 0.717) is 23.6 Å². The summed E-state index contributed by atoms with van der Waals surface area (Å²) in [6.07, 6.45) is 0. The number of nitrogens with one attached hydrogen (secondary N) is 1. The first-order chi connectivity index (χ1) is 12.6. The van der Waals surface area contributed by atoms with Crippen molar-refractivity contribution in [1.29, 1.82) is 0 Å². The van der Waals surface area contributed by atoms with Crippen molar-refractivity contribution in [2.45, 2.75) is 26.9 Å². The minimum atomic E-state index is -0.187. The second-order valence-corrected chi connectivity index (χ2v) is 6.03. The van der Waals surface area contributed by atoms with Gasteiger partial charge in [0.25, 0.3) is 5.91 Å². The van der Waals surface area contributed by atoms with Crippen molar-refractivity contribution in [3.8, 4) is 11.5 Å². The molecule has 0 radical (unpaired) electrons. The van der Waals surface area contributed by atoms with E-state index in [1.54, 1.807) is 32.4 Å². The van der Waals surface area contributed by atoms with Gasteiger partial charge in [-0.2, -0.15) is 0 Å². The molecule has 0 aliphatic heterocycles. The predicted molar refractivity (Wildman–Crippen MR) is 104 cm³/mol. The highest BCUT2D eigenvalue weighted by molar-refractivity contribution is 5.97. The molecule has 0 aliphatic rings. The molecule has 2 aromatic carbocycles. The molecule has 0 heterocycles. The maximum Gasteiger partial charge on any atom is 0.255 e. The largest absolute Gasteiger partial charge is 0.497 e. The quantitative estimate of drug-likeness (QED) is 0.747. The summed E-state index contributed by atoms with van der Waals surface area (Å²) in [6, 6.07) is 13.5. The van der Waals surface area contributed by atoms with Gasteiger partial charge in [-0.15, -0.1) is 0 Å². The smallest absolute Gasteiger partial charge is 0.255 e. The van der Waals surface area contributed by atoms with E-state index < -0.39 is 0 Å². The molecule has 0 saturated heterocycles. The average Bonchev–Trinajstić information content (AvgIpc) is 2.70. The summed E-state index contributed by atoms with van der Waals surface area (Å²) in [4.78, 5) is 14.9. The van der Waals surface area contributed by atoms with Gasteiger partial charge in [0.15, 0.2) is 0 Å². The van der Waals surface area contributed by atoms with Crippen LogP contribution in [0.25, 0.3) is 0 Å². The zero-order valence-electron chi connectivity index (χ0n) is 16.0. The molecule has 0 aliphatic carbocycles. The summed E-state index contributed by atoms with van der Waals surface area (Å²) in [6.45, 7) is 7.82. The van der Waals surface area contributed by atoms with Gasteiger partial charge in [0, 0.05) is 13.1 Å². The molecule has 5 nitrogen and oxygen atoms in total. The highest BCUT2D eigenvalue weighted by atomic mass is 16.5. The van der Waals surface area contributed by atoms with Crippen LogP contribution in [0.3, 0.4) is 0 Å². The number of nitrogens with zero attached hydrogens (tertiary/aromatic N) is 1. The number of rotatable bonds is 9. The van der Waals surface area contributed by atoms with E-state index in [0.717, 1.165) is 25.2 Å². The van der Waals surface area contributed by atoms with Crippen molar-refractivity contribution < 1.29 is 14.3 Å². The lowest BCUT2D eigenvalue weighted by Gasteiger charge is -2.18. The fourth-order valence-corrected chi connectivity index (χ4v) is 2.74. The van der Waals surface area contributed by atoms with Gasteiger partial charge in [0.05, 0.1) is 19.8 Å². The van der Waals surface area contributed by atoms with Gasteiger partial charge >= 0.3 is 0 Å². The Labute approximate surface area is 155 Å². The van der Waals surface area contributed by atoms with Gasteiger partial charge in [-0.1, -0.05) is 38.1 Å². The lowest BCUT2D eigenvalue weighted by molar-refractivity contribution is 0.0947. The van der Waals surface area contributed by atoms with Crippen molar-refractivity contribution in [3.05, 3.63) is 59.2 Å². The van der Waals surface area contributed by atoms with E-state index >= 15 is 0 Å². The molecule has 140 valence electrons. The number of benzene rings is 2. The van der Waals surface area contributed by atoms with Crippen LogP contribution >= 0.6 is 0 Å². The number of hydrogen-bond donors (Lipinski definition) is 1. The molecule has 0 fully saturated rings. The summed E-state index contributed by atoms with van der Waals surface area (Å²) in [5.74, 6) is 0.961. The van der Waals surface area contributed by atoms with E-state index in [9.17, 15) is 4.79 Å². The summed E-state index contributed by atoms with van der Waals surface area (Å²) < 4.78 is 10.5. The highest BCUT2D eigenvalue weighted by Gasteiger charge is 2.13. The Kier molecular flexibility index (Phi) is 7.48. The molecule has 1 amide bonds. The molecular formula is C21H28N2O3. The van der Waals surface area contributed by atoms with Crippen LogP contribution in [0.2, 0.25) is 0 Å². The van der Waals surface area contributed by atoms with Crippen LogP contribution < -0.4 is 14.8 Å². The van der Waals surface area contributed by atoms with Gasteiger partial charge in [0.2, 0.25) is 0 Å². The Hall–Kier alpha value is -2.53. The van der Waals surface area contributed by atoms with Crippen LogP contribution in [0.4, 0.5) is 0 Å². The molecule has 0 saturated carbocycles. The molecule has 0 atom stereocenters. The standard InChI is InChI=1S/C21H28N2O3/c1-5-23(6-2)15-17-9-7-16(8-10-17)14-22-21(24)19-13-18(25-3)11-12-20(19)26-4/h7-13H,5-6,14-15H2,1-4H3,(H,22,24). The van der Waals surface area contributed by atoms with Crippen molar-refractivity contribution in [2.24, 2.45) is 0 Å². The van der Waals surface area contributed by atoms with Gasteiger partial charge in [-0.05, 0) is 42.4 Å². The molecule has 0 spiro atoms. The van der Waals surface area contributed by atoms with Crippen molar-refractivity contribution >= 4 is 5.91 Å². The second kappa shape index (κ2) is 9.82. The zero-order chi connectivity index (χ0) is 18.9. The van der Waals surface area contributed by atoms with Crippen LogP contribution in [0.15, 0.2) is 42.5 Å². The third kappa shape index (κ3) is 5.23. The molecule has 2 aromatic rings. The maximum atomic E-state index is 12.5. The first-order valence-electron chi connectivity index (χ1n) is 8.91.